The lowest BCUT2D eigenvalue weighted by Gasteiger charge is -2.06. The Morgan fingerprint density at radius 2 is 1.96 bits per heavy atom. The molecule has 1 N–H and O–H groups in total. The molecule has 7 heteroatoms. The summed E-state index contributed by atoms with van der Waals surface area (Å²) in [6.07, 6.45) is 1.29. The predicted octanol–water partition coefficient (Wildman–Crippen LogP) is 3.28. The van der Waals surface area contributed by atoms with Gasteiger partial charge in [-0.25, -0.2) is 9.78 Å². The molecule has 23 heavy (non-hydrogen) atoms. The van der Waals surface area contributed by atoms with Gasteiger partial charge in [0.15, 0.2) is 18.6 Å². The highest BCUT2D eigenvalue weighted by Gasteiger charge is 2.12. The Balaban J connectivity index is 1.57. The van der Waals surface area contributed by atoms with Crippen LogP contribution in [0.4, 0.5) is 5.69 Å². The number of carbonyl (C=O) groups excluding carboxylic acids is 2. The van der Waals surface area contributed by atoms with Crippen LogP contribution in [0.3, 0.4) is 0 Å². The van der Waals surface area contributed by atoms with Crippen LogP contribution in [0.5, 0.6) is 0 Å². The van der Waals surface area contributed by atoms with Gasteiger partial charge in [-0.2, -0.15) is 0 Å². The molecule has 1 amide bonds. The lowest BCUT2D eigenvalue weighted by molar-refractivity contribution is -0.119. The molecule has 0 atom stereocenters. The average molecular weight is 331 g/mol. The molecule has 0 saturated carbocycles. The highest BCUT2D eigenvalue weighted by molar-refractivity contribution is 6.30. The standard InChI is InChI=1S/C16H11ClN2O4/c17-11-2-4-12(5-3-11)19-15(20)8-22-16(21)10-1-6-14-13(7-10)18-9-23-14/h1-7,9H,8H2,(H,19,20). The van der Waals surface area contributed by atoms with Crippen molar-refractivity contribution in [3.05, 3.63) is 59.4 Å². The number of anilines is 1. The highest BCUT2D eigenvalue weighted by atomic mass is 35.5. The lowest BCUT2D eigenvalue weighted by atomic mass is 10.2. The van der Waals surface area contributed by atoms with Gasteiger partial charge in [-0.05, 0) is 42.5 Å². The molecular formula is C16H11ClN2O4. The molecule has 1 heterocycles. The number of ether oxygens (including phenoxy) is 1. The van der Waals surface area contributed by atoms with Crippen LogP contribution in [-0.4, -0.2) is 23.5 Å². The first kappa shape index (κ1) is 15.1. The van der Waals surface area contributed by atoms with E-state index in [0.29, 0.717) is 27.4 Å². The maximum atomic E-state index is 11.9. The van der Waals surface area contributed by atoms with E-state index in [1.54, 1.807) is 36.4 Å². The number of carbonyl (C=O) groups is 2. The van der Waals surface area contributed by atoms with Gasteiger partial charge >= 0.3 is 5.97 Å². The van der Waals surface area contributed by atoms with Gasteiger partial charge in [-0.15, -0.1) is 0 Å². The minimum absolute atomic E-state index is 0.297. The molecular weight excluding hydrogens is 320 g/mol. The zero-order valence-corrected chi connectivity index (χ0v) is 12.5. The van der Waals surface area contributed by atoms with E-state index in [1.165, 1.54) is 12.5 Å². The number of esters is 1. The van der Waals surface area contributed by atoms with Gasteiger partial charge in [-0.1, -0.05) is 11.6 Å². The van der Waals surface area contributed by atoms with Crippen molar-refractivity contribution in [1.29, 1.82) is 0 Å². The summed E-state index contributed by atoms with van der Waals surface area (Å²) < 4.78 is 10.1. The summed E-state index contributed by atoms with van der Waals surface area (Å²) in [6, 6.07) is 11.3. The Morgan fingerprint density at radius 3 is 2.74 bits per heavy atom. The third-order valence-corrected chi connectivity index (χ3v) is 3.28. The number of hydrogen-bond acceptors (Lipinski definition) is 5. The number of hydrogen-bond donors (Lipinski definition) is 1. The second-order valence-corrected chi connectivity index (χ2v) is 5.10. The third-order valence-electron chi connectivity index (χ3n) is 3.03. The van der Waals surface area contributed by atoms with E-state index < -0.39 is 18.5 Å². The normalized spacial score (nSPS) is 10.5. The van der Waals surface area contributed by atoms with Crippen molar-refractivity contribution in [2.45, 2.75) is 0 Å². The van der Waals surface area contributed by atoms with Crippen LogP contribution in [0.25, 0.3) is 11.1 Å². The number of nitrogens with one attached hydrogen (secondary N) is 1. The molecule has 0 fully saturated rings. The molecule has 0 saturated heterocycles. The Kier molecular flexibility index (Phi) is 4.25. The van der Waals surface area contributed by atoms with Gasteiger partial charge in [0.2, 0.25) is 0 Å². The van der Waals surface area contributed by atoms with Crippen LogP contribution in [0, 0.1) is 0 Å². The number of halogens is 1. The molecule has 0 unspecified atom stereocenters. The van der Waals surface area contributed by atoms with Crippen molar-refractivity contribution >= 4 is 40.3 Å². The minimum atomic E-state index is -0.610. The van der Waals surface area contributed by atoms with Crippen LogP contribution in [-0.2, 0) is 9.53 Å². The molecule has 0 radical (unpaired) electrons. The molecule has 0 aliphatic carbocycles. The number of benzene rings is 2. The third kappa shape index (κ3) is 3.67. The van der Waals surface area contributed by atoms with E-state index in [4.69, 9.17) is 20.8 Å². The molecule has 0 bridgehead atoms. The Hall–Kier alpha value is -2.86. The highest BCUT2D eigenvalue weighted by Crippen LogP contribution is 2.15. The summed E-state index contributed by atoms with van der Waals surface area (Å²) in [5.41, 5.74) is 1.98. The number of nitrogens with zero attached hydrogens (tertiary/aromatic N) is 1. The zero-order valence-electron chi connectivity index (χ0n) is 11.8. The smallest absolute Gasteiger partial charge is 0.338 e. The Labute approximate surface area is 136 Å². The van der Waals surface area contributed by atoms with E-state index >= 15 is 0 Å². The quantitative estimate of drug-likeness (QED) is 0.742. The molecule has 0 aliphatic rings. The van der Waals surface area contributed by atoms with Crippen LogP contribution in [0.1, 0.15) is 10.4 Å². The lowest BCUT2D eigenvalue weighted by Crippen LogP contribution is -2.20. The van der Waals surface area contributed by atoms with Crippen molar-refractivity contribution in [3.8, 4) is 0 Å². The maximum Gasteiger partial charge on any atom is 0.338 e. The molecule has 2 aromatic carbocycles. The van der Waals surface area contributed by atoms with E-state index in [-0.39, 0.29) is 0 Å². The fourth-order valence-electron chi connectivity index (χ4n) is 1.93. The summed E-state index contributed by atoms with van der Waals surface area (Å²) in [6.45, 7) is -0.391. The van der Waals surface area contributed by atoms with E-state index in [9.17, 15) is 9.59 Å². The summed E-state index contributed by atoms with van der Waals surface area (Å²) in [4.78, 5) is 27.6. The SMILES string of the molecule is O=C(COC(=O)c1ccc2ocnc2c1)Nc1ccc(Cl)cc1. The van der Waals surface area contributed by atoms with Crippen molar-refractivity contribution < 1.29 is 18.7 Å². The molecule has 116 valence electrons. The Bertz CT molecular complexity index is 858. The summed E-state index contributed by atoms with van der Waals surface area (Å²) in [5, 5.41) is 3.17. The van der Waals surface area contributed by atoms with Gasteiger partial charge in [0.1, 0.15) is 5.52 Å². The van der Waals surface area contributed by atoms with Crippen molar-refractivity contribution in [3.63, 3.8) is 0 Å². The van der Waals surface area contributed by atoms with Crippen LogP contribution in [0.2, 0.25) is 5.02 Å². The summed E-state index contributed by atoms with van der Waals surface area (Å²) >= 11 is 5.76. The van der Waals surface area contributed by atoms with Crippen LogP contribution in [0.15, 0.2) is 53.3 Å². The van der Waals surface area contributed by atoms with Crippen molar-refractivity contribution in [1.82, 2.24) is 4.98 Å². The van der Waals surface area contributed by atoms with Gasteiger partial charge in [0.05, 0.1) is 5.56 Å². The maximum absolute atomic E-state index is 11.9. The average Bonchev–Trinajstić information content (AvgIpc) is 3.02. The zero-order chi connectivity index (χ0) is 16.2. The molecule has 1 aromatic heterocycles. The molecule has 0 aliphatic heterocycles. The van der Waals surface area contributed by atoms with Gasteiger partial charge in [0, 0.05) is 10.7 Å². The number of amides is 1. The van der Waals surface area contributed by atoms with E-state index in [2.05, 4.69) is 10.3 Å². The van der Waals surface area contributed by atoms with Gasteiger partial charge < -0.3 is 14.5 Å². The number of aromatic nitrogens is 1. The number of oxazole rings is 1. The van der Waals surface area contributed by atoms with Gasteiger partial charge in [0.25, 0.3) is 5.91 Å². The number of rotatable bonds is 4. The minimum Gasteiger partial charge on any atom is -0.452 e. The molecule has 3 rings (SSSR count). The molecule has 6 nitrogen and oxygen atoms in total. The fraction of sp³-hybridized carbons (Fsp3) is 0.0625. The van der Waals surface area contributed by atoms with Crippen molar-refractivity contribution in [2.75, 3.05) is 11.9 Å². The van der Waals surface area contributed by atoms with E-state index in [0.717, 1.165) is 0 Å². The second kappa shape index (κ2) is 6.50. The number of fused-ring (bicyclic) bond motifs is 1. The first-order chi connectivity index (χ1) is 11.1. The predicted molar refractivity (Wildman–Crippen MR) is 84.4 cm³/mol. The van der Waals surface area contributed by atoms with Crippen molar-refractivity contribution in [2.24, 2.45) is 0 Å². The Morgan fingerprint density at radius 1 is 1.17 bits per heavy atom. The van der Waals surface area contributed by atoms with Crippen LogP contribution < -0.4 is 5.32 Å². The first-order valence-electron chi connectivity index (χ1n) is 6.67. The summed E-state index contributed by atoms with van der Waals surface area (Å²) in [7, 11) is 0. The fourth-order valence-corrected chi connectivity index (χ4v) is 2.06. The monoisotopic (exact) mass is 330 g/mol. The topological polar surface area (TPSA) is 81.4 Å². The largest absolute Gasteiger partial charge is 0.452 e. The second-order valence-electron chi connectivity index (χ2n) is 4.67. The molecule has 0 spiro atoms. The molecule has 3 aromatic rings. The van der Waals surface area contributed by atoms with E-state index in [1.807, 2.05) is 0 Å². The van der Waals surface area contributed by atoms with Gasteiger partial charge in [-0.3, -0.25) is 4.79 Å². The van der Waals surface area contributed by atoms with Crippen LogP contribution >= 0.6 is 11.6 Å². The summed E-state index contributed by atoms with van der Waals surface area (Å²) in [5.74, 6) is -1.05. The first-order valence-corrected chi connectivity index (χ1v) is 7.05.